The number of benzene rings is 1. The van der Waals surface area contributed by atoms with Gasteiger partial charge in [0, 0.05) is 18.7 Å². The number of anilines is 1. The van der Waals surface area contributed by atoms with Crippen molar-refractivity contribution in [2.45, 2.75) is 18.8 Å². The highest BCUT2D eigenvalue weighted by Gasteiger charge is 2.38. The minimum absolute atomic E-state index is 0.176. The standard InChI is InChI=1S/C18H15F3N4O4/c19-18(20,21)17-24-16(25-29-17)10-3-1-9(2-4-10)7-23-13-12(14(26)15(13)27)11-8-28-6-5-22-11/h1-4,11,22-23H,5-8H2. The first-order valence-electron chi connectivity index (χ1n) is 8.73. The molecule has 0 bridgehead atoms. The number of aromatic nitrogens is 2. The van der Waals surface area contributed by atoms with Crippen molar-refractivity contribution in [2.24, 2.45) is 0 Å². The quantitative estimate of drug-likeness (QED) is 0.614. The van der Waals surface area contributed by atoms with Crippen molar-refractivity contribution < 1.29 is 22.4 Å². The molecule has 1 unspecified atom stereocenters. The summed E-state index contributed by atoms with van der Waals surface area (Å²) in [7, 11) is 0. The number of alkyl halides is 3. The van der Waals surface area contributed by atoms with Crippen LogP contribution in [-0.4, -0.2) is 29.9 Å². The number of hydrogen-bond donors (Lipinski definition) is 2. The van der Waals surface area contributed by atoms with Gasteiger partial charge >= 0.3 is 12.1 Å². The Kier molecular flexibility index (Phi) is 4.92. The van der Waals surface area contributed by atoms with Gasteiger partial charge in [-0.25, -0.2) is 0 Å². The average molecular weight is 408 g/mol. The molecule has 3 aromatic rings. The molecule has 0 aliphatic carbocycles. The lowest BCUT2D eigenvalue weighted by atomic mass is 9.98. The van der Waals surface area contributed by atoms with Gasteiger partial charge in [-0.05, 0) is 5.56 Å². The third-order valence-corrected chi connectivity index (χ3v) is 4.57. The summed E-state index contributed by atoms with van der Waals surface area (Å²) in [6.45, 7) is 1.72. The summed E-state index contributed by atoms with van der Waals surface area (Å²) in [5.74, 6) is -1.59. The van der Waals surface area contributed by atoms with E-state index in [-0.39, 0.29) is 24.1 Å². The SMILES string of the molecule is O=c1c(NCc2ccc(-c3noc(C(F)(F)F)n3)cc2)c(C2COCCN2)c1=O. The van der Waals surface area contributed by atoms with Crippen LogP contribution in [0, 0.1) is 0 Å². The zero-order chi connectivity index (χ0) is 20.6. The summed E-state index contributed by atoms with van der Waals surface area (Å²) in [5, 5.41) is 9.43. The van der Waals surface area contributed by atoms with E-state index in [1.807, 2.05) is 0 Å². The third kappa shape index (κ3) is 3.78. The first-order valence-corrected chi connectivity index (χ1v) is 8.73. The summed E-state index contributed by atoms with van der Waals surface area (Å²) < 4.78 is 47.2. The summed E-state index contributed by atoms with van der Waals surface area (Å²) in [6, 6.07) is 6.07. The van der Waals surface area contributed by atoms with Crippen molar-refractivity contribution >= 4 is 5.69 Å². The van der Waals surface area contributed by atoms with Crippen molar-refractivity contribution in [1.29, 1.82) is 0 Å². The second kappa shape index (κ2) is 7.41. The Bertz CT molecular complexity index is 1080. The molecular formula is C18H15F3N4O4. The Hall–Kier alpha value is -3.05. The maximum atomic E-state index is 12.5. The van der Waals surface area contributed by atoms with Gasteiger partial charge in [0.05, 0.1) is 30.5 Å². The minimum atomic E-state index is -4.70. The fourth-order valence-electron chi connectivity index (χ4n) is 3.09. The van der Waals surface area contributed by atoms with E-state index in [2.05, 4.69) is 25.3 Å². The molecule has 1 fully saturated rings. The molecule has 1 aromatic heterocycles. The zero-order valence-corrected chi connectivity index (χ0v) is 14.9. The highest BCUT2D eigenvalue weighted by atomic mass is 19.4. The number of rotatable bonds is 5. The van der Waals surface area contributed by atoms with Crippen LogP contribution in [0.2, 0.25) is 0 Å². The Morgan fingerprint density at radius 2 is 1.93 bits per heavy atom. The van der Waals surface area contributed by atoms with Gasteiger partial charge in [0.2, 0.25) is 16.7 Å². The fraction of sp³-hybridized carbons (Fsp3) is 0.333. The van der Waals surface area contributed by atoms with Gasteiger partial charge in [-0.3, -0.25) is 9.59 Å². The van der Waals surface area contributed by atoms with Crippen molar-refractivity contribution in [3.63, 3.8) is 0 Å². The maximum Gasteiger partial charge on any atom is 0.471 e. The molecule has 0 saturated carbocycles. The van der Waals surface area contributed by atoms with Gasteiger partial charge in [0.1, 0.15) is 0 Å². The molecule has 1 atom stereocenters. The highest BCUT2D eigenvalue weighted by Crippen LogP contribution is 2.29. The van der Waals surface area contributed by atoms with Crippen LogP contribution in [0.15, 0.2) is 38.4 Å². The van der Waals surface area contributed by atoms with Crippen molar-refractivity contribution in [2.75, 3.05) is 25.1 Å². The van der Waals surface area contributed by atoms with Gasteiger partial charge in [-0.15, -0.1) is 0 Å². The molecule has 29 heavy (non-hydrogen) atoms. The first kappa shape index (κ1) is 19.3. The van der Waals surface area contributed by atoms with Crippen LogP contribution in [0.25, 0.3) is 11.4 Å². The van der Waals surface area contributed by atoms with Gasteiger partial charge in [-0.2, -0.15) is 18.2 Å². The molecular weight excluding hydrogens is 393 g/mol. The Balaban J connectivity index is 1.44. The minimum Gasteiger partial charge on any atom is -0.378 e. The van der Waals surface area contributed by atoms with Gasteiger partial charge in [-0.1, -0.05) is 29.4 Å². The van der Waals surface area contributed by atoms with E-state index in [0.717, 1.165) is 5.56 Å². The predicted molar refractivity (Wildman–Crippen MR) is 95.0 cm³/mol. The molecule has 152 valence electrons. The molecule has 2 aromatic carbocycles. The number of nitrogens with zero attached hydrogens (tertiary/aromatic N) is 2. The van der Waals surface area contributed by atoms with Crippen LogP contribution >= 0.6 is 0 Å². The molecule has 0 radical (unpaired) electrons. The van der Waals surface area contributed by atoms with E-state index in [1.165, 1.54) is 0 Å². The molecule has 4 rings (SSSR count). The van der Waals surface area contributed by atoms with E-state index in [4.69, 9.17) is 4.74 Å². The van der Waals surface area contributed by atoms with Crippen LogP contribution in [0.3, 0.4) is 0 Å². The topological polar surface area (TPSA) is 106 Å². The smallest absolute Gasteiger partial charge is 0.378 e. The van der Waals surface area contributed by atoms with Gasteiger partial charge in [0.15, 0.2) is 0 Å². The summed E-state index contributed by atoms with van der Waals surface area (Å²) in [5.41, 5.74) is 0.651. The van der Waals surface area contributed by atoms with Crippen molar-refractivity contribution in [1.82, 2.24) is 15.5 Å². The summed E-state index contributed by atoms with van der Waals surface area (Å²) >= 11 is 0. The molecule has 1 saturated heterocycles. The lowest BCUT2D eigenvalue weighted by molar-refractivity contribution is -0.159. The predicted octanol–water partition coefficient (Wildman–Crippen LogP) is 1.62. The molecule has 8 nitrogen and oxygen atoms in total. The lowest BCUT2D eigenvalue weighted by Crippen LogP contribution is -2.46. The van der Waals surface area contributed by atoms with E-state index in [1.54, 1.807) is 24.3 Å². The summed E-state index contributed by atoms with van der Waals surface area (Å²) in [6.07, 6.45) is -4.70. The third-order valence-electron chi connectivity index (χ3n) is 4.57. The highest BCUT2D eigenvalue weighted by molar-refractivity contribution is 5.59. The normalized spacial score (nSPS) is 17.6. The monoisotopic (exact) mass is 408 g/mol. The molecule has 2 heterocycles. The van der Waals surface area contributed by atoms with E-state index in [0.29, 0.717) is 30.9 Å². The summed E-state index contributed by atoms with van der Waals surface area (Å²) in [4.78, 5) is 27.1. The molecule has 0 spiro atoms. The van der Waals surface area contributed by atoms with Crippen molar-refractivity contribution in [3.05, 3.63) is 61.7 Å². The Morgan fingerprint density at radius 3 is 2.55 bits per heavy atom. The molecule has 2 N–H and O–H groups in total. The molecule has 1 aliphatic rings. The van der Waals surface area contributed by atoms with Crippen LogP contribution in [-0.2, 0) is 17.5 Å². The van der Waals surface area contributed by atoms with E-state index in [9.17, 15) is 22.8 Å². The number of morpholine rings is 1. The average Bonchev–Trinajstić information content (AvgIpc) is 3.22. The van der Waals surface area contributed by atoms with Crippen LogP contribution in [0.5, 0.6) is 0 Å². The lowest BCUT2D eigenvalue weighted by Gasteiger charge is -2.26. The second-order valence-corrected chi connectivity index (χ2v) is 6.50. The molecule has 1 aliphatic heterocycles. The van der Waals surface area contributed by atoms with Crippen molar-refractivity contribution in [3.8, 4) is 11.4 Å². The number of ether oxygens (including phenoxy) is 1. The molecule has 11 heteroatoms. The first-order chi connectivity index (χ1) is 13.8. The Labute approximate surface area is 161 Å². The van der Waals surface area contributed by atoms with E-state index >= 15 is 0 Å². The number of nitrogens with one attached hydrogen (secondary N) is 2. The van der Waals surface area contributed by atoms with Crippen LogP contribution < -0.4 is 21.5 Å². The fourth-order valence-corrected chi connectivity index (χ4v) is 3.09. The van der Waals surface area contributed by atoms with Gasteiger partial charge in [0.25, 0.3) is 0 Å². The Morgan fingerprint density at radius 1 is 1.17 bits per heavy atom. The van der Waals surface area contributed by atoms with E-state index < -0.39 is 22.9 Å². The largest absolute Gasteiger partial charge is 0.471 e. The maximum absolute atomic E-state index is 12.5. The molecule has 0 amide bonds. The number of hydrogen-bond acceptors (Lipinski definition) is 8. The van der Waals surface area contributed by atoms with Crippen LogP contribution in [0.4, 0.5) is 18.9 Å². The second-order valence-electron chi connectivity index (χ2n) is 6.50. The van der Waals surface area contributed by atoms with Crippen LogP contribution in [0.1, 0.15) is 23.1 Å². The van der Waals surface area contributed by atoms with Gasteiger partial charge < -0.3 is 19.9 Å². The zero-order valence-electron chi connectivity index (χ0n) is 14.9. The number of halogens is 3.